The molecule has 2 aromatic carbocycles. The molecule has 0 aromatic heterocycles. The van der Waals surface area contributed by atoms with Gasteiger partial charge in [-0.25, -0.2) is 0 Å². The van der Waals surface area contributed by atoms with Crippen LogP contribution in [0.15, 0.2) is 48.5 Å². The number of carboxylic acids is 1. The molecule has 0 spiro atoms. The first kappa shape index (κ1) is 17.8. The summed E-state index contributed by atoms with van der Waals surface area (Å²) in [6.45, 7) is 2.50. The van der Waals surface area contributed by atoms with Gasteiger partial charge in [-0.05, 0) is 44.0 Å². The van der Waals surface area contributed by atoms with Crippen LogP contribution in [-0.4, -0.2) is 30.1 Å². The topological polar surface area (TPSA) is 84.9 Å². The fourth-order valence-corrected chi connectivity index (χ4v) is 2.63. The number of benzene rings is 2. The number of carbonyl (C=O) groups is 2. The van der Waals surface area contributed by atoms with E-state index in [0.717, 1.165) is 0 Å². The summed E-state index contributed by atoms with van der Waals surface area (Å²) in [6.07, 6.45) is 1.17. The number of nitrogens with one attached hydrogen (secondary N) is 1. The van der Waals surface area contributed by atoms with Crippen molar-refractivity contribution in [3.05, 3.63) is 54.1 Å². The van der Waals surface area contributed by atoms with Crippen molar-refractivity contribution in [3.63, 3.8) is 0 Å². The number of carbonyl (C=O) groups excluding carboxylic acids is 1. The van der Waals surface area contributed by atoms with E-state index < -0.39 is 11.4 Å². The molecule has 0 radical (unpaired) electrons. The van der Waals surface area contributed by atoms with Crippen LogP contribution in [0.2, 0.25) is 0 Å². The summed E-state index contributed by atoms with van der Waals surface area (Å²) in [5, 5.41) is 11.9. The van der Waals surface area contributed by atoms with Crippen LogP contribution in [0.4, 0.5) is 0 Å². The molecule has 6 heteroatoms. The number of hydrogen-bond acceptors (Lipinski definition) is 4. The van der Waals surface area contributed by atoms with Crippen LogP contribution in [0.5, 0.6) is 17.2 Å². The maximum atomic E-state index is 12.5. The Kier molecular flexibility index (Phi) is 5.11. The molecule has 136 valence electrons. The minimum atomic E-state index is -0.868. The van der Waals surface area contributed by atoms with Crippen molar-refractivity contribution in [2.75, 3.05) is 13.2 Å². The van der Waals surface area contributed by atoms with Gasteiger partial charge in [-0.3, -0.25) is 9.59 Å². The maximum absolute atomic E-state index is 12.5. The smallest absolute Gasteiger partial charge is 0.311 e. The zero-order valence-electron chi connectivity index (χ0n) is 14.5. The predicted octanol–water partition coefficient (Wildman–Crippen LogP) is 3.47. The van der Waals surface area contributed by atoms with Gasteiger partial charge in [0.2, 0.25) is 0 Å². The number of aliphatic carboxylic acids is 1. The number of ether oxygens (including phenoxy) is 2. The largest absolute Gasteiger partial charge is 0.490 e. The van der Waals surface area contributed by atoms with Gasteiger partial charge < -0.3 is 19.9 Å². The van der Waals surface area contributed by atoms with E-state index >= 15 is 0 Å². The third-order valence-electron chi connectivity index (χ3n) is 4.40. The monoisotopic (exact) mass is 355 g/mol. The molecule has 0 aliphatic heterocycles. The van der Waals surface area contributed by atoms with Crippen molar-refractivity contribution in [2.24, 2.45) is 5.41 Å². The molecule has 0 saturated heterocycles. The summed E-state index contributed by atoms with van der Waals surface area (Å²) < 4.78 is 11.5. The lowest BCUT2D eigenvalue weighted by Gasteiger charge is -2.15. The average Bonchev–Trinajstić information content (AvgIpc) is 3.43. The van der Waals surface area contributed by atoms with E-state index in [1.807, 2.05) is 19.1 Å². The second-order valence-corrected chi connectivity index (χ2v) is 6.25. The standard InChI is InChI=1S/C20H21NO5/c1-2-25-16-9-5-6-10-17(16)26-15-8-4-3-7-14(15)18(22)21-13-20(11-12-20)19(23)24/h3-10H,2,11-13H2,1H3,(H,21,22)(H,23,24). The van der Waals surface area contributed by atoms with Crippen molar-refractivity contribution >= 4 is 11.9 Å². The molecule has 1 saturated carbocycles. The maximum Gasteiger partial charge on any atom is 0.311 e. The Morgan fingerprint density at radius 1 is 1.04 bits per heavy atom. The van der Waals surface area contributed by atoms with Gasteiger partial charge in [0, 0.05) is 6.54 Å². The van der Waals surface area contributed by atoms with Crippen molar-refractivity contribution in [2.45, 2.75) is 19.8 Å². The third kappa shape index (κ3) is 3.79. The van der Waals surface area contributed by atoms with Crippen molar-refractivity contribution in [3.8, 4) is 17.2 Å². The van der Waals surface area contributed by atoms with Crippen LogP contribution in [0, 0.1) is 5.41 Å². The van der Waals surface area contributed by atoms with Crippen LogP contribution in [0.3, 0.4) is 0 Å². The summed E-state index contributed by atoms with van der Waals surface area (Å²) in [5.74, 6) is 0.263. The number of carboxylic acid groups (broad SMARTS) is 1. The fourth-order valence-electron chi connectivity index (χ4n) is 2.63. The summed E-state index contributed by atoms with van der Waals surface area (Å²) in [7, 11) is 0. The van der Waals surface area contributed by atoms with Crippen molar-refractivity contribution in [1.82, 2.24) is 5.32 Å². The number of para-hydroxylation sites is 3. The van der Waals surface area contributed by atoms with Crippen LogP contribution >= 0.6 is 0 Å². The highest BCUT2D eigenvalue weighted by Gasteiger charge is 2.50. The minimum absolute atomic E-state index is 0.116. The van der Waals surface area contributed by atoms with E-state index in [4.69, 9.17) is 9.47 Å². The third-order valence-corrected chi connectivity index (χ3v) is 4.40. The van der Waals surface area contributed by atoms with Gasteiger partial charge in [0.25, 0.3) is 5.91 Å². The first-order valence-corrected chi connectivity index (χ1v) is 8.56. The normalized spacial score (nSPS) is 14.3. The Morgan fingerprint density at radius 3 is 2.27 bits per heavy atom. The minimum Gasteiger partial charge on any atom is -0.490 e. The van der Waals surface area contributed by atoms with Gasteiger partial charge in [-0.15, -0.1) is 0 Å². The van der Waals surface area contributed by atoms with Crippen LogP contribution in [-0.2, 0) is 4.79 Å². The highest BCUT2D eigenvalue weighted by Crippen LogP contribution is 2.45. The predicted molar refractivity (Wildman–Crippen MR) is 95.8 cm³/mol. The summed E-state index contributed by atoms with van der Waals surface area (Å²) >= 11 is 0. The number of amides is 1. The van der Waals surface area contributed by atoms with E-state index in [9.17, 15) is 14.7 Å². The van der Waals surface area contributed by atoms with Gasteiger partial charge >= 0.3 is 5.97 Å². The van der Waals surface area contributed by atoms with E-state index in [1.165, 1.54) is 0 Å². The lowest BCUT2D eigenvalue weighted by molar-refractivity contribution is -0.143. The molecular formula is C20H21NO5. The number of hydrogen-bond donors (Lipinski definition) is 2. The molecule has 2 aromatic rings. The second kappa shape index (κ2) is 7.47. The van der Waals surface area contributed by atoms with E-state index in [0.29, 0.717) is 42.3 Å². The van der Waals surface area contributed by atoms with E-state index in [1.54, 1.807) is 36.4 Å². The van der Waals surface area contributed by atoms with Crippen LogP contribution in [0.25, 0.3) is 0 Å². The zero-order valence-corrected chi connectivity index (χ0v) is 14.5. The Morgan fingerprint density at radius 2 is 1.65 bits per heavy atom. The molecule has 2 N–H and O–H groups in total. The van der Waals surface area contributed by atoms with Gasteiger partial charge in [0.05, 0.1) is 17.6 Å². The summed E-state index contributed by atoms with van der Waals surface area (Å²) in [5.41, 5.74) is -0.465. The first-order chi connectivity index (χ1) is 12.6. The molecule has 26 heavy (non-hydrogen) atoms. The molecule has 1 fully saturated rings. The molecular weight excluding hydrogens is 334 g/mol. The van der Waals surface area contributed by atoms with Gasteiger partial charge in [0.1, 0.15) is 5.75 Å². The average molecular weight is 355 g/mol. The molecule has 1 amide bonds. The van der Waals surface area contributed by atoms with Gasteiger partial charge in [0.15, 0.2) is 11.5 Å². The second-order valence-electron chi connectivity index (χ2n) is 6.25. The van der Waals surface area contributed by atoms with Crippen LogP contribution in [0.1, 0.15) is 30.1 Å². The summed E-state index contributed by atoms with van der Waals surface area (Å²) in [6, 6.07) is 14.1. The molecule has 3 rings (SSSR count). The lowest BCUT2D eigenvalue weighted by atomic mass is 10.1. The zero-order chi connectivity index (χ0) is 18.6. The number of rotatable bonds is 8. The van der Waals surface area contributed by atoms with Crippen LogP contribution < -0.4 is 14.8 Å². The Bertz CT molecular complexity index is 813. The molecule has 6 nitrogen and oxygen atoms in total. The lowest BCUT2D eigenvalue weighted by Crippen LogP contribution is -2.34. The molecule has 0 unspecified atom stereocenters. The Balaban J connectivity index is 1.76. The molecule has 0 bridgehead atoms. The fraction of sp³-hybridized carbons (Fsp3) is 0.300. The molecule has 1 aliphatic rings. The molecule has 1 aliphatic carbocycles. The van der Waals surface area contributed by atoms with Gasteiger partial charge in [-0.2, -0.15) is 0 Å². The molecule has 0 heterocycles. The Hall–Kier alpha value is -3.02. The highest BCUT2D eigenvalue weighted by atomic mass is 16.5. The summed E-state index contributed by atoms with van der Waals surface area (Å²) in [4.78, 5) is 23.8. The SMILES string of the molecule is CCOc1ccccc1Oc1ccccc1C(=O)NCC1(C(=O)O)CC1. The van der Waals surface area contributed by atoms with E-state index in [-0.39, 0.29) is 12.5 Å². The van der Waals surface area contributed by atoms with E-state index in [2.05, 4.69) is 5.32 Å². The molecule has 0 atom stereocenters. The van der Waals surface area contributed by atoms with Crippen molar-refractivity contribution < 1.29 is 24.2 Å². The van der Waals surface area contributed by atoms with Gasteiger partial charge in [-0.1, -0.05) is 24.3 Å². The Labute approximate surface area is 151 Å². The quantitative estimate of drug-likeness (QED) is 0.757. The first-order valence-electron chi connectivity index (χ1n) is 8.56. The highest BCUT2D eigenvalue weighted by molar-refractivity contribution is 5.97. The van der Waals surface area contributed by atoms with Crippen molar-refractivity contribution in [1.29, 1.82) is 0 Å².